The summed E-state index contributed by atoms with van der Waals surface area (Å²) in [5, 5.41) is 13.5. The third-order valence-corrected chi connectivity index (χ3v) is 4.09. The lowest BCUT2D eigenvalue weighted by molar-refractivity contribution is 0.147. The maximum absolute atomic E-state index is 13.1. The first-order valence-corrected chi connectivity index (χ1v) is 8.56. The number of hydrogen-bond acceptors (Lipinski definition) is 2. The number of nitrogens with one attached hydrogen (secondary N) is 1. The van der Waals surface area contributed by atoms with E-state index in [1.54, 1.807) is 0 Å². The summed E-state index contributed by atoms with van der Waals surface area (Å²) in [7, 11) is 0. The van der Waals surface area contributed by atoms with E-state index in [0.717, 1.165) is 18.9 Å². The monoisotopic (exact) mass is 327 g/mol. The number of benzene rings is 1. The molecule has 132 valence electrons. The molecule has 0 saturated carbocycles. The quantitative estimate of drug-likeness (QED) is 0.665. The van der Waals surface area contributed by atoms with E-state index in [9.17, 15) is 13.9 Å². The van der Waals surface area contributed by atoms with Crippen molar-refractivity contribution in [1.82, 2.24) is 5.32 Å². The van der Waals surface area contributed by atoms with Crippen LogP contribution in [0, 0.1) is 17.6 Å². The van der Waals surface area contributed by atoms with Gasteiger partial charge in [0, 0.05) is 18.2 Å². The zero-order valence-corrected chi connectivity index (χ0v) is 14.8. The highest BCUT2D eigenvalue weighted by Gasteiger charge is 2.18. The van der Waals surface area contributed by atoms with Crippen molar-refractivity contribution < 1.29 is 13.9 Å². The van der Waals surface area contributed by atoms with E-state index in [1.807, 2.05) is 0 Å². The fourth-order valence-corrected chi connectivity index (χ4v) is 2.63. The van der Waals surface area contributed by atoms with Crippen molar-refractivity contribution in [1.29, 1.82) is 0 Å². The van der Waals surface area contributed by atoms with Crippen molar-refractivity contribution in [2.45, 2.75) is 71.4 Å². The molecular formula is C19H31F2NO. The number of aliphatic hydroxyl groups is 1. The van der Waals surface area contributed by atoms with Gasteiger partial charge >= 0.3 is 0 Å². The summed E-state index contributed by atoms with van der Waals surface area (Å²) in [5.74, 6) is -0.430. The smallest absolute Gasteiger partial charge is 0.126 e. The molecule has 0 bridgehead atoms. The SMILES string of the molecule is CC(C)CCCC(C)(C)NC[C@H](O)CCc1cc(F)cc(F)c1. The molecule has 0 saturated heterocycles. The second kappa shape index (κ2) is 9.33. The number of aryl methyl sites for hydroxylation is 1. The molecule has 4 heteroatoms. The van der Waals surface area contributed by atoms with Gasteiger partial charge in [-0.05, 0) is 56.7 Å². The Bertz CT molecular complexity index is 454. The molecule has 2 N–H and O–H groups in total. The van der Waals surface area contributed by atoms with Crippen molar-refractivity contribution in [3.63, 3.8) is 0 Å². The van der Waals surface area contributed by atoms with Crippen LogP contribution in [0.1, 0.15) is 58.9 Å². The molecule has 0 aliphatic carbocycles. The molecule has 2 nitrogen and oxygen atoms in total. The van der Waals surface area contributed by atoms with Crippen LogP contribution in [-0.2, 0) is 6.42 Å². The summed E-state index contributed by atoms with van der Waals surface area (Å²) in [6.45, 7) is 9.22. The Labute approximate surface area is 139 Å². The highest BCUT2D eigenvalue weighted by Crippen LogP contribution is 2.16. The lowest BCUT2D eigenvalue weighted by Crippen LogP contribution is -2.43. The van der Waals surface area contributed by atoms with Crippen LogP contribution in [0.15, 0.2) is 18.2 Å². The Balaban J connectivity index is 2.31. The molecule has 0 fully saturated rings. The predicted octanol–water partition coefficient (Wildman–Crippen LogP) is 4.45. The van der Waals surface area contributed by atoms with E-state index in [-0.39, 0.29) is 5.54 Å². The van der Waals surface area contributed by atoms with Gasteiger partial charge in [-0.15, -0.1) is 0 Å². The maximum atomic E-state index is 13.1. The molecular weight excluding hydrogens is 296 g/mol. The standard InChI is InChI=1S/C19H31F2NO/c1-14(2)6-5-9-19(3,4)22-13-18(23)8-7-15-10-16(20)12-17(21)11-15/h10-12,14,18,22-23H,5-9,13H2,1-4H3/t18-/m1/s1. The van der Waals surface area contributed by atoms with Gasteiger partial charge in [-0.25, -0.2) is 8.78 Å². The summed E-state index contributed by atoms with van der Waals surface area (Å²) in [6.07, 6.45) is 3.86. The largest absolute Gasteiger partial charge is 0.392 e. The average molecular weight is 327 g/mol. The van der Waals surface area contributed by atoms with Gasteiger partial charge in [-0.2, -0.15) is 0 Å². The molecule has 0 heterocycles. The molecule has 0 aromatic heterocycles. The first-order chi connectivity index (χ1) is 10.7. The molecule has 1 aromatic carbocycles. The van der Waals surface area contributed by atoms with Gasteiger partial charge in [0.05, 0.1) is 6.10 Å². The van der Waals surface area contributed by atoms with Crippen LogP contribution in [0.4, 0.5) is 8.78 Å². The minimum atomic E-state index is -0.570. The summed E-state index contributed by atoms with van der Waals surface area (Å²) in [5.41, 5.74) is 0.568. The molecule has 0 amide bonds. The van der Waals surface area contributed by atoms with Gasteiger partial charge in [-0.3, -0.25) is 0 Å². The molecule has 0 spiro atoms. The summed E-state index contributed by atoms with van der Waals surface area (Å²) >= 11 is 0. The van der Waals surface area contributed by atoms with Gasteiger partial charge in [0.1, 0.15) is 11.6 Å². The molecule has 1 atom stereocenters. The lowest BCUT2D eigenvalue weighted by atomic mass is 9.94. The van der Waals surface area contributed by atoms with Crippen molar-refractivity contribution in [3.05, 3.63) is 35.4 Å². The first kappa shape index (κ1) is 20.0. The van der Waals surface area contributed by atoms with Gasteiger partial charge in [0.2, 0.25) is 0 Å². The Hall–Kier alpha value is -1.00. The van der Waals surface area contributed by atoms with Crippen LogP contribution in [0.3, 0.4) is 0 Å². The minimum Gasteiger partial charge on any atom is -0.392 e. The third-order valence-electron chi connectivity index (χ3n) is 4.09. The Morgan fingerprint density at radius 2 is 1.70 bits per heavy atom. The van der Waals surface area contributed by atoms with Crippen molar-refractivity contribution >= 4 is 0 Å². The zero-order valence-electron chi connectivity index (χ0n) is 14.8. The molecule has 0 aliphatic heterocycles. The topological polar surface area (TPSA) is 32.3 Å². The number of hydrogen-bond donors (Lipinski definition) is 2. The number of aliphatic hydroxyl groups excluding tert-OH is 1. The summed E-state index contributed by atoms with van der Waals surface area (Å²) < 4.78 is 26.2. The van der Waals surface area contributed by atoms with Gasteiger partial charge in [0.15, 0.2) is 0 Å². The molecule has 0 radical (unpaired) electrons. The summed E-state index contributed by atoms with van der Waals surface area (Å²) in [6, 6.07) is 3.50. The second-order valence-corrected chi connectivity index (χ2v) is 7.52. The fraction of sp³-hybridized carbons (Fsp3) is 0.684. The summed E-state index contributed by atoms with van der Waals surface area (Å²) in [4.78, 5) is 0. The number of rotatable bonds is 10. The number of β-amino-alcohol motifs (C(OH)–C–C–N with tert-alkyl or cyclic N) is 1. The van der Waals surface area contributed by atoms with E-state index < -0.39 is 17.7 Å². The third kappa shape index (κ3) is 9.01. The first-order valence-electron chi connectivity index (χ1n) is 8.56. The van der Waals surface area contributed by atoms with E-state index in [2.05, 4.69) is 33.0 Å². The van der Waals surface area contributed by atoms with Crippen LogP contribution in [0.5, 0.6) is 0 Å². The second-order valence-electron chi connectivity index (χ2n) is 7.52. The Kier molecular flexibility index (Phi) is 8.13. The normalized spacial score (nSPS) is 13.6. The van der Waals surface area contributed by atoms with Crippen molar-refractivity contribution in [3.8, 4) is 0 Å². The molecule has 0 unspecified atom stereocenters. The number of halogens is 2. The minimum absolute atomic E-state index is 0.0131. The molecule has 1 aromatic rings. The Morgan fingerprint density at radius 1 is 1.09 bits per heavy atom. The van der Waals surface area contributed by atoms with E-state index in [1.165, 1.54) is 18.6 Å². The van der Waals surface area contributed by atoms with Crippen LogP contribution in [0.2, 0.25) is 0 Å². The van der Waals surface area contributed by atoms with Crippen LogP contribution in [0.25, 0.3) is 0 Å². The van der Waals surface area contributed by atoms with Crippen LogP contribution >= 0.6 is 0 Å². The van der Waals surface area contributed by atoms with Crippen LogP contribution in [-0.4, -0.2) is 23.3 Å². The van der Waals surface area contributed by atoms with E-state index >= 15 is 0 Å². The zero-order chi connectivity index (χ0) is 17.5. The van der Waals surface area contributed by atoms with E-state index in [0.29, 0.717) is 30.9 Å². The van der Waals surface area contributed by atoms with Gasteiger partial charge < -0.3 is 10.4 Å². The van der Waals surface area contributed by atoms with Crippen molar-refractivity contribution in [2.75, 3.05) is 6.54 Å². The molecule has 1 rings (SSSR count). The van der Waals surface area contributed by atoms with E-state index in [4.69, 9.17) is 0 Å². The average Bonchev–Trinajstić information content (AvgIpc) is 2.41. The highest BCUT2D eigenvalue weighted by molar-refractivity contribution is 5.18. The van der Waals surface area contributed by atoms with Gasteiger partial charge in [-0.1, -0.05) is 26.7 Å². The Morgan fingerprint density at radius 3 is 2.26 bits per heavy atom. The fourth-order valence-electron chi connectivity index (χ4n) is 2.63. The molecule has 0 aliphatic rings. The lowest BCUT2D eigenvalue weighted by Gasteiger charge is -2.28. The highest BCUT2D eigenvalue weighted by atomic mass is 19.1. The molecule has 23 heavy (non-hydrogen) atoms. The van der Waals surface area contributed by atoms with Crippen LogP contribution < -0.4 is 5.32 Å². The van der Waals surface area contributed by atoms with Gasteiger partial charge in [0.25, 0.3) is 0 Å². The predicted molar refractivity (Wildman–Crippen MR) is 91.5 cm³/mol. The van der Waals surface area contributed by atoms with Crippen molar-refractivity contribution in [2.24, 2.45) is 5.92 Å². The maximum Gasteiger partial charge on any atom is 0.126 e.